The Morgan fingerprint density at radius 1 is 0.970 bits per heavy atom. The highest BCUT2D eigenvalue weighted by atomic mass is 16.5. The Bertz CT molecular complexity index is 1450. The predicted octanol–water partition coefficient (Wildman–Crippen LogP) is 3.32. The number of ether oxygens (including phenoxy) is 1. The average molecular weight is 441 g/mol. The van der Waals surface area contributed by atoms with E-state index in [-0.39, 0.29) is 0 Å². The summed E-state index contributed by atoms with van der Waals surface area (Å²) in [5.74, 6) is 0.694. The molecule has 6 heterocycles. The molecule has 0 aromatic carbocycles. The largest absolute Gasteiger partial charge is 0.495 e. The van der Waals surface area contributed by atoms with Gasteiger partial charge < -0.3 is 19.5 Å². The van der Waals surface area contributed by atoms with Gasteiger partial charge in [0.05, 0.1) is 36.4 Å². The van der Waals surface area contributed by atoms with Crippen LogP contribution in [0.4, 0.5) is 5.69 Å². The summed E-state index contributed by atoms with van der Waals surface area (Å²) in [7, 11) is 3.80. The number of likely N-dealkylation sites (N-methyl/N-ethyl adjacent to an activating group) is 1. The first-order chi connectivity index (χ1) is 16.2. The Labute approximate surface area is 190 Å². The molecule has 0 radical (unpaired) electrons. The first kappa shape index (κ1) is 19.7. The SMILES string of the molecule is COc1cncc(-c2cc3c(-c4cc5c(N6CCN(C)CC6)ccnc5[nH]4)n[nH]c3cn2)c1. The highest BCUT2D eigenvalue weighted by molar-refractivity contribution is 5.99. The number of pyridine rings is 3. The quantitative estimate of drug-likeness (QED) is 0.442. The van der Waals surface area contributed by atoms with Gasteiger partial charge in [0.15, 0.2) is 0 Å². The fourth-order valence-corrected chi connectivity index (χ4v) is 4.41. The first-order valence-electron chi connectivity index (χ1n) is 10.9. The molecule has 5 aromatic rings. The van der Waals surface area contributed by atoms with Crippen molar-refractivity contribution in [3.63, 3.8) is 0 Å². The Morgan fingerprint density at radius 2 is 1.85 bits per heavy atom. The van der Waals surface area contributed by atoms with Crippen molar-refractivity contribution < 1.29 is 4.74 Å². The molecule has 0 unspecified atom stereocenters. The standard InChI is InChI=1S/C24H24N8O/c1-31-5-7-32(8-6-31)22-3-4-26-24-18(22)11-20(28-24)23-17-10-19(27-14-21(17)29-30-23)15-9-16(33-2)13-25-12-15/h3-4,9-14H,5-8H2,1-2H3,(H,26,28)(H,29,30). The van der Waals surface area contributed by atoms with Crippen molar-refractivity contribution >= 4 is 27.6 Å². The molecule has 0 bridgehead atoms. The van der Waals surface area contributed by atoms with E-state index in [0.29, 0.717) is 5.75 Å². The maximum Gasteiger partial charge on any atom is 0.139 e. The number of nitrogens with one attached hydrogen (secondary N) is 2. The number of aromatic amines is 2. The van der Waals surface area contributed by atoms with Crippen LogP contribution in [0.1, 0.15) is 0 Å². The summed E-state index contributed by atoms with van der Waals surface area (Å²) in [6, 6.07) is 8.21. The summed E-state index contributed by atoms with van der Waals surface area (Å²) in [5.41, 5.74) is 6.40. The number of aromatic nitrogens is 6. The summed E-state index contributed by atoms with van der Waals surface area (Å²) in [6.45, 7) is 4.12. The lowest BCUT2D eigenvalue weighted by Gasteiger charge is -2.34. The number of anilines is 1. The summed E-state index contributed by atoms with van der Waals surface area (Å²) >= 11 is 0. The van der Waals surface area contributed by atoms with E-state index in [0.717, 1.165) is 70.8 Å². The van der Waals surface area contributed by atoms with Gasteiger partial charge >= 0.3 is 0 Å². The summed E-state index contributed by atoms with van der Waals surface area (Å²) in [4.78, 5) is 21.7. The molecule has 9 nitrogen and oxygen atoms in total. The van der Waals surface area contributed by atoms with Gasteiger partial charge in [0.2, 0.25) is 0 Å². The molecule has 33 heavy (non-hydrogen) atoms. The molecule has 1 aliphatic rings. The smallest absolute Gasteiger partial charge is 0.139 e. The Balaban J connectivity index is 1.43. The molecule has 0 aliphatic carbocycles. The number of rotatable bonds is 4. The summed E-state index contributed by atoms with van der Waals surface area (Å²) in [5, 5.41) is 9.80. The first-order valence-corrected chi connectivity index (χ1v) is 10.9. The molecule has 0 saturated carbocycles. The van der Waals surface area contributed by atoms with Crippen LogP contribution in [0.5, 0.6) is 5.75 Å². The van der Waals surface area contributed by atoms with Crippen LogP contribution in [0.3, 0.4) is 0 Å². The van der Waals surface area contributed by atoms with Crippen LogP contribution in [0.15, 0.2) is 49.1 Å². The summed E-state index contributed by atoms with van der Waals surface area (Å²) in [6.07, 6.45) is 7.14. The topological polar surface area (TPSA) is 98.9 Å². The van der Waals surface area contributed by atoms with Crippen LogP contribution >= 0.6 is 0 Å². The molecule has 9 heteroatoms. The van der Waals surface area contributed by atoms with Crippen LogP contribution in [0.2, 0.25) is 0 Å². The highest BCUT2D eigenvalue weighted by Gasteiger charge is 2.19. The monoisotopic (exact) mass is 440 g/mol. The second kappa shape index (κ2) is 7.86. The van der Waals surface area contributed by atoms with Crippen LogP contribution in [0.25, 0.3) is 44.6 Å². The number of hydrogen-bond donors (Lipinski definition) is 2. The van der Waals surface area contributed by atoms with E-state index >= 15 is 0 Å². The molecule has 166 valence electrons. The maximum absolute atomic E-state index is 5.32. The average Bonchev–Trinajstić information content (AvgIpc) is 3.48. The lowest BCUT2D eigenvalue weighted by atomic mass is 10.1. The van der Waals surface area contributed by atoms with Crippen molar-refractivity contribution in [3.8, 4) is 28.4 Å². The van der Waals surface area contributed by atoms with E-state index in [1.807, 2.05) is 18.3 Å². The van der Waals surface area contributed by atoms with Crippen LogP contribution in [0, 0.1) is 0 Å². The van der Waals surface area contributed by atoms with Crippen molar-refractivity contribution in [3.05, 3.63) is 49.1 Å². The Hall–Kier alpha value is -3.98. The van der Waals surface area contributed by atoms with Gasteiger partial charge in [-0.15, -0.1) is 0 Å². The minimum atomic E-state index is 0.694. The molecular formula is C24H24N8O. The second-order valence-corrected chi connectivity index (χ2v) is 8.37. The number of methoxy groups -OCH3 is 1. The molecule has 1 aliphatic heterocycles. The molecule has 0 atom stereocenters. The van der Waals surface area contributed by atoms with Gasteiger partial charge in [0.1, 0.15) is 17.1 Å². The highest BCUT2D eigenvalue weighted by Crippen LogP contribution is 2.34. The van der Waals surface area contributed by atoms with Crippen LogP contribution in [-0.4, -0.2) is 75.4 Å². The predicted molar refractivity (Wildman–Crippen MR) is 128 cm³/mol. The van der Waals surface area contributed by atoms with E-state index in [2.05, 4.69) is 59.1 Å². The van der Waals surface area contributed by atoms with Gasteiger partial charge in [-0.25, -0.2) is 4.98 Å². The van der Waals surface area contributed by atoms with E-state index in [4.69, 9.17) is 4.74 Å². The Kier molecular flexibility index (Phi) is 4.69. The van der Waals surface area contributed by atoms with E-state index < -0.39 is 0 Å². The molecule has 1 saturated heterocycles. The molecule has 0 spiro atoms. The fraction of sp³-hybridized carbons (Fsp3) is 0.250. The molecule has 2 N–H and O–H groups in total. The number of fused-ring (bicyclic) bond motifs is 2. The zero-order chi connectivity index (χ0) is 22.4. The molecule has 6 rings (SSSR count). The van der Waals surface area contributed by atoms with Gasteiger partial charge in [-0.05, 0) is 31.3 Å². The van der Waals surface area contributed by atoms with Crippen molar-refractivity contribution in [1.82, 2.24) is 35.0 Å². The normalized spacial score (nSPS) is 14.9. The van der Waals surface area contributed by atoms with Crippen molar-refractivity contribution in [1.29, 1.82) is 0 Å². The molecule has 1 fully saturated rings. The van der Waals surface area contributed by atoms with Crippen molar-refractivity contribution in [2.24, 2.45) is 0 Å². The minimum Gasteiger partial charge on any atom is -0.495 e. The van der Waals surface area contributed by atoms with Gasteiger partial charge in [-0.2, -0.15) is 5.10 Å². The van der Waals surface area contributed by atoms with Gasteiger partial charge in [-0.1, -0.05) is 0 Å². The number of piperazine rings is 1. The number of hydrogen-bond acceptors (Lipinski definition) is 7. The zero-order valence-electron chi connectivity index (χ0n) is 18.5. The van der Waals surface area contributed by atoms with Crippen LogP contribution in [-0.2, 0) is 0 Å². The fourth-order valence-electron chi connectivity index (χ4n) is 4.41. The Morgan fingerprint density at radius 3 is 2.70 bits per heavy atom. The van der Waals surface area contributed by atoms with Crippen molar-refractivity contribution in [2.75, 3.05) is 45.2 Å². The van der Waals surface area contributed by atoms with Crippen LogP contribution < -0.4 is 9.64 Å². The molecule has 5 aromatic heterocycles. The summed E-state index contributed by atoms with van der Waals surface area (Å²) < 4.78 is 5.32. The third-order valence-electron chi connectivity index (χ3n) is 6.30. The third-order valence-corrected chi connectivity index (χ3v) is 6.30. The van der Waals surface area contributed by atoms with Gasteiger partial charge in [-0.3, -0.25) is 15.1 Å². The third kappa shape index (κ3) is 3.46. The molecular weight excluding hydrogens is 416 g/mol. The lowest BCUT2D eigenvalue weighted by molar-refractivity contribution is 0.313. The van der Waals surface area contributed by atoms with E-state index in [1.54, 1.807) is 25.7 Å². The lowest BCUT2D eigenvalue weighted by Crippen LogP contribution is -2.44. The van der Waals surface area contributed by atoms with Gasteiger partial charge in [0, 0.05) is 60.6 Å². The minimum absolute atomic E-state index is 0.694. The van der Waals surface area contributed by atoms with E-state index in [1.165, 1.54) is 5.69 Å². The number of H-pyrrole nitrogens is 2. The second-order valence-electron chi connectivity index (χ2n) is 8.37. The van der Waals surface area contributed by atoms with Gasteiger partial charge in [0.25, 0.3) is 0 Å². The van der Waals surface area contributed by atoms with Crippen molar-refractivity contribution in [2.45, 2.75) is 0 Å². The molecule has 0 amide bonds. The number of nitrogens with zero attached hydrogens (tertiary/aromatic N) is 6. The maximum atomic E-state index is 5.32. The zero-order valence-corrected chi connectivity index (χ0v) is 18.5. The van der Waals surface area contributed by atoms with E-state index in [9.17, 15) is 0 Å².